The molecule has 2 aromatic heterocycles. The molecule has 0 atom stereocenters. The minimum absolute atomic E-state index is 0.0327. The van der Waals surface area contributed by atoms with Crippen molar-refractivity contribution in [3.63, 3.8) is 0 Å². The summed E-state index contributed by atoms with van der Waals surface area (Å²) in [6, 6.07) is 5.63. The minimum Gasteiger partial charge on any atom is -0.477 e. The van der Waals surface area contributed by atoms with Crippen molar-refractivity contribution in [2.75, 3.05) is 12.3 Å². The summed E-state index contributed by atoms with van der Waals surface area (Å²) in [7, 11) is 0. The smallest absolute Gasteiger partial charge is 0.345 e. The third-order valence-corrected chi connectivity index (χ3v) is 5.41. The fraction of sp³-hybridized carbons (Fsp3) is 0.231. The second-order valence-electron chi connectivity index (χ2n) is 3.92. The van der Waals surface area contributed by atoms with E-state index in [1.807, 2.05) is 17.5 Å². The zero-order chi connectivity index (χ0) is 14.4. The van der Waals surface area contributed by atoms with E-state index >= 15 is 0 Å². The third-order valence-electron chi connectivity index (χ3n) is 2.43. The average molecular weight is 327 g/mol. The molecule has 0 aliphatic rings. The number of carboxylic acid groups (broad SMARTS) is 1. The molecule has 2 N–H and O–H groups in total. The van der Waals surface area contributed by atoms with Gasteiger partial charge in [0.2, 0.25) is 5.91 Å². The molecule has 0 saturated heterocycles. The van der Waals surface area contributed by atoms with Crippen LogP contribution in [0.15, 0.2) is 33.9 Å². The molecule has 2 heterocycles. The van der Waals surface area contributed by atoms with E-state index in [9.17, 15) is 9.59 Å². The van der Waals surface area contributed by atoms with Crippen LogP contribution in [0.3, 0.4) is 0 Å². The standard InChI is InChI=1S/C13H13NO3S3/c15-12(14-4-3-9-2-1-5-18-9)8-19-10-6-11(13(16)17)20-7-10/h1-2,5-7H,3-4,8H2,(H,14,15)(H,16,17). The monoisotopic (exact) mass is 327 g/mol. The topological polar surface area (TPSA) is 66.4 Å². The maximum Gasteiger partial charge on any atom is 0.345 e. The molecular weight excluding hydrogens is 314 g/mol. The lowest BCUT2D eigenvalue weighted by atomic mass is 10.3. The van der Waals surface area contributed by atoms with E-state index in [-0.39, 0.29) is 5.91 Å². The first-order valence-electron chi connectivity index (χ1n) is 5.89. The van der Waals surface area contributed by atoms with E-state index < -0.39 is 5.97 Å². The van der Waals surface area contributed by atoms with Gasteiger partial charge in [0.15, 0.2) is 0 Å². The van der Waals surface area contributed by atoms with Gasteiger partial charge in [-0.1, -0.05) is 6.07 Å². The van der Waals surface area contributed by atoms with Crippen LogP contribution in [0.2, 0.25) is 0 Å². The summed E-state index contributed by atoms with van der Waals surface area (Å²) in [6.45, 7) is 0.629. The van der Waals surface area contributed by atoms with E-state index in [0.717, 1.165) is 11.3 Å². The molecule has 4 nitrogen and oxygen atoms in total. The Morgan fingerprint density at radius 1 is 1.35 bits per heavy atom. The Balaban J connectivity index is 1.67. The highest BCUT2D eigenvalue weighted by molar-refractivity contribution is 8.00. The van der Waals surface area contributed by atoms with Crippen molar-refractivity contribution in [1.29, 1.82) is 0 Å². The van der Waals surface area contributed by atoms with E-state index in [1.165, 1.54) is 28.0 Å². The zero-order valence-electron chi connectivity index (χ0n) is 10.5. The van der Waals surface area contributed by atoms with Gasteiger partial charge in [-0.3, -0.25) is 4.79 Å². The predicted molar refractivity (Wildman–Crippen MR) is 83.0 cm³/mol. The molecule has 0 unspecified atom stereocenters. The van der Waals surface area contributed by atoms with Gasteiger partial charge in [0, 0.05) is 21.7 Å². The van der Waals surface area contributed by atoms with Gasteiger partial charge in [0.1, 0.15) is 4.88 Å². The van der Waals surface area contributed by atoms with Crippen molar-refractivity contribution in [1.82, 2.24) is 5.32 Å². The number of carbonyl (C=O) groups is 2. The van der Waals surface area contributed by atoms with E-state index in [4.69, 9.17) is 5.11 Å². The Hall–Kier alpha value is -1.31. The highest BCUT2D eigenvalue weighted by Gasteiger charge is 2.08. The predicted octanol–water partition coefficient (Wildman–Crippen LogP) is 2.96. The van der Waals surface area contributed by atoms with Crippen molar-refractivity contribution in [3.8, 4) is 0 Å². The Morgan fingerprint density at radius 2 is 2.20 bits per heavy atom. The second kappa shape index (κ2) is 7.47. The molecule has 2 aromatic rings. The van der Waals surface area contributed by atoms with Gasteiger partial charge < -0.3 is 10.4 Å². The maximum atomic E-state index is 11.6. The molecule has 20 heavy (non-hydrogen) atoms. The number of thioether (sulfide) groups is 1. The lowest BCUT2D eigenvalue weighted by Gasteiger charge is -2.03. The number of carboxylic acids is 1. The largest absolute Gasteiger partial charge is 0.477 e. The van der Waals surface area contributed by atoms with Crippen LogP contribution in [0.25, 0.3) is 0 Å². The van der Waals surface area contributed by atoms with Crippen LogP contribution in [0.4, 0.5) is 0 Å². The number of aromatic carboxylic acids is 1. The summed E-state index contributed by atoms with van der Waals surface area (Å²) in [5, 5.41) is 15.4. The first-order chi connectivity index (χ1) is 9.65. The highest BCUT2D eigenvalue weighted by atomic mass is 32.2. The van der Waals surface area contributed by atoms with Gasteiger partial charge in [-0.15, -0.1) is 34.4 Å². The Morgan fingerprint density at radius 3 is 2.85 bits per heavy atom. The molecule has 0 aromatic carbocycles. The molecule has 1 amide bonds. The molecule has 7 heteroatoms. The van der Waals surface area contributed by atoms with Crippen LogP contribution in [-0.4, -0.2) is 29.3 Å². The molecule has 0 fully saturated rings. The highest BCUT2D eigenvalue weighted by Crippen LogP contribution is 2.24. The van der Waals surface area contributed by atoms with Crippen molar-refractivity contribution in [2.24, 2.45) is 0 Å². The maximum absolute atomic E-state index is 11.6. The van der Waals surface area contributed by atoms with E-state index in [0.29, 0.717) is 17.2 Å². The van der Waals surface area contributed by atoms with Crippen molar-refractivity contribution < 1.29 is 14.7 Å². The van der Waals surface area contributed by atoms with Gasteiger partial charge in [0.05, 0.1) is 5.75 Å². The first-order valence-corrected chi connectivity index (χ1v) is 8.63. The molecule has 106 valence electrons. The number of nitrogens with one attached hydrogen (secondary N) is 1. The third kappa shape index (κ3) is 4.66. The SMILES string of the molecule is O=C(CSc1csc(C(=O)O)c1)NCCc1cccs1. The number of carbonyl (C=O) groups excluding carboxylic acids is 1. The molecule has 0 aliphatic heterocycles. The molecule has 0 spiro atoms. The van der Waals surface area contributed by atoms with Crippen LogP contribution in [-0.2, 0) is 11.2 Å². The lowest BCUT2D eigenvalue weighted by Crippen LogP contribution is -2.27. The Labute approximate surface area is 128 Å². The van der Waals surface area contributed by atoms with Crippen LogP contribution in [0.5, 0.6) is 0 Å². The van der Waals surface area contributed by atoms with Gasteiger partial charge in [-0.2, -0.15) is 0 Å². The van der Waals surface area contributed by atoms with Crippen LogP contribution in [0, 0.1) is 0 Å². The number of hydrogen-bond donors (Lipinski definition) is 2. The number of thiophene rings is 2. The fourth-order valence-corrected chi connectivity index (χ4v) is 3.89. The molecular formula is C13H13NO3S3. The van der Waals surface area contributed by atoms with Gasteiger partial charge in [-0.05, 0) is 23.9 Å². The van der Waals surface area contributed by atoms with Gasteiger partial charge in [-0.25, -0.2) is 4.79 Å². The number of amides is 1. The molecule has 2 rings (SSSR count). The summed E-state index contributed by atoms with van der Waals surface area (Å²) in [4.78, 5) is 24.7. The van der Waals surface area contributed by atoms with Gasteiger partial charge >= 0.3 is 5.97 Å². The van der Waals surface area contributed by atoms with Gasteiger partial charge in [0.25, 0.3) is 0 Å². The number of rotatable bonds is 7. The summed E-state index contributed by atoms with van der Waals surface area (Å²) >= 11 is 4.21. The first kappa shape index (κ1) is 15.1. The van der Waals surface area contributed by atoms with Crippen LogP contribution >= 0.6 is 34.4 Å². The number of hydrogen-bond acceptors (Lipinski definition) is 5. The van der Waals surface area contributed by atoms with Crippen molar-refractivity contribution >= 4 is 46.3 Å². The van der Waals surface area contributed by atoms with Crippen LogP contribution in [0.1, 0.15) is 14.5 Å². The Bertz CT molecular complexity index is 577. The van der Waals surface area contributed by atoms with Crippen molar-refractivity contribution in [2.45, 2.75) is 11.3 Å². The van der Waals surface area contributed by atoms with Crippen molar-refractivity contribution in [3.05, 3.63) is 38.7 Å². The summed E-state index contributed by atoms with van der Waals surface area (Å²) in [5.41, 5.74) is 0. The zero-order valence-corrected chi connectivity index (χ0v) is 12.9. The average Bonchev–Trinajstić information content (AvgIpc) is 3.07. The summed E-state index contributed by atoms with van der Waals surface area (Å²) < 4.78 is 0. The molecule has 0 saturated carbocycles. The second-order valence-corrected chi connectivity index (χ2v) is 6.91. The summed E-state index contributed by atoms with van der Waals surface area (Å²) in [6.07, 6.45) is 0.843. The minimum atomic E-state index is -0.928. The lowest BCUT2D eigenvalue weighted by molar-refractivity contribution is -0.118. The molecule has 0 aliphatic carbocycles. The fourth-order valence-electron chi connectivity index (χ4n) is 1.49. The molecule has 0 bridgehead atoms. The van der Waals surface area contributed by atoms with Crippen LogP contribution < -0.4 is 5.32 Å². The van der Waals surface area contributed by atoms with E-state index in [2.05, 4.69) is 5.32 Å². The Kier molecular flexibility index (Phi) is 5.63. The van der Waals surface area contributed by atoms with E-state index in [1.54, 1.807) is 22.8 Å². The molecule has 0 radical (unpaired) electrons. The normalized spacial score (nSPS) is 10.4. The quantitative estimate of drug-likeness (QED) is 0.767. The summed E-state index contributed by atoms with van der Waals surface area (Å²) in [5.74, 6) is -0.655.